The first kappa shape index (κ1) is 21.3. The first-order valence-corrected chi connectivity index (χ1v) is 11.6. The van der Waals surface area contributed by atoms with Crippen molar-refractivity contribution in [1.82, 2.24) is 10.3 Å². The summed E-state index contributed by atoms with van der Waals surface area (Å²) >= 11 is 1.69. The molecule has 1 amide bonds. The second kappa shape index (κ2) is 9.92. The topological polar surface area (TPSA) is 51.2 Å². The van der Waals surface area contributed by atoms with Crippen molar-refractivity contribution in [3.8, 4) is 5.75 Å². The molecule has 1 fully saturated rings. The van der Waals surface area contributed by atoms with E-state index in [-0.39, 0.29) is 17.2 Å². The van der Waals surface area contributed by atoms with Gasteiger partial charge in [0.1, 0.15) is 5.75 Å². The van der Waals surface area contributed by atoms with E-state index in [0.29, 0.717) is 6.54 Å². The molecule has 0 aliphatic heterocycles. The van der Waals surface area contributed by atoms with Crippen LogP contribution in [0, 0.1) is 5.92 Å². The van der Waals surface area contributed by atoms with E-state index >= 15 is 0 Å². The maximum Gasteiger partial charge on any atom is 0.243 e. The molecule has 0 radical (unpaired) electrons. The molecule has 4 nitrogen and oxygen atoms in total. The number of unbranched alkanes of at least 4 members (excludes halogenated alkanes) is 1. The number of carbonyl (C=O) groups excluding carboxylic acids is 1. The van der Waals surface area contributed by atoms with Crippen LogP contribution in [0.1, 0.15) is 35.4 Å². The van der Waals surface area contributed by atoms with Gasteiger partial charge in [-0.15, -0.1) is 11.3 Å². The Balaban J connectivity index is 1.36. The molecule has 1 N–H and O–H groups in total. The van der Waals surface area contributed by atoms with Gasteiger partial charge in [0.2, 0.25) is 5.91 Å². The molecule has 31 heavy (non-hydrogen) atoms. The molecule has 2 aromatic carbocycles. The van der Waals surface area contributed by atoms with Gasteiger partial charge in [-0.25, -0.2) is 4.98 Å². The van der Waals surface area contributed by atoms with E-state index in [1.54, 1.807) is 24.5 Å². The summed E-state index contributed by atoms with van der Waals surface area (Å²) in [5.41, 5.74) is 2.41. The predicted octanol–water partition coefficient (Wildman–Crippen LogP) is 5.15. The van der Waals surface area contributed by atoms with Gasteiger partial charge in [0.15, 0.2) is 0 Å². The summed E-state index contributed by atoms with van der Waals surface area (Å²) in [4.78, 5) is 16.6. The van der Waals surface area contributed by atoms with E-state index in [1.165, 1.54) is 11.1 Å². The van der Waals surface area contributed by atoms with E-state index in [0.717, 1.165) is 36.4 Å². The van der Waals surface area contributed by atoms with Gasteiger partial charge in [-0.05, 0) is 60.9 Å². The number of benzene rings is 2. The molecular weight excluding hydrogens is 404 g/mol. The lowest BCUT2D eigenvalue weighted by Crippen LogP contribution is -2.22. The Morgan fingerprint density at radius 1 is 1.19 bits per heavy atom. The van der Waals surface area contributed by atoms with Crippen LogP contribution in [0.25, 0.3) is 0 Å². The van der Waals surface area contributed by atoms with Crippen molar-refractivity contribution in [2.24, 2.45) is 5.92 Å². The van der Waals surface area contributed by atoms with Crippen LogP contribution >= 0.6 is 11.3 Å². The van der Waals surface area contributed by atoms with Crippen molar-refractivity contribution in [3.63, 3.8) is 0 Å². The number of allylic oxidation sites excluding steroid dienone is 1. The number of hydrogen-bond donors (Lipinski definition) is 1. The third-order valence-electron chi connectivity index (χ3n) is 5.97. The molecule has 0 bridgehead atoms. The Labute approximate surface area is 188 Å². The quantitative estimate of drug-likeness (QED) is 0.356. The summed E-state index contributed by atoms with van der Waals surface area (Å²) in [5, 5.41) is 6.17. The van der Waals surface area contributed by atoms with Crippen LogP contribution in [0.15, 0.2) is 78.3 Å². The normalized spacial score (nSPS) is 20.0. The molecule has 0 unspecified atom stereocenters. The third kappa shape index (κ3) is 5.05. The van der Waals surface area contributed by atoms with E-state index in [2.05, 4.69) is 52.8 Å². The molecule has 5 heteroatoms. The third-order valence-corrected chi connectivity index (χ3v) is 6.81. The summed E-state index contributed by atoms with van der Waals surface area (Å²) in [7, 11) is 1.69. The van der Waals surface area contributed by atoms with Gasteiger partial charge in [-0.2, -0.15) is 0 Å². The Morgan fingerprint density at radius 2 is 2.03 bits per heavy atom. The molecule has 1 saturated carbocycles. The van der Waals surface area contributed by atoms with Crippen LogP contribution in [-0.2, 0) is 16.6 Å². The van der Waals surface area contributed by atoms with Gasteiger partial charge in [-0.3, -0.25) is 4.79 Å². The minimum atomic E-state index is -0.0969. The van der Waals surface area contributed by atoms with Gasteiger partial charge in [0.25, 0.3) is 0 Å². The molecular formula is C26H28N2O2S. The van der Waals surface area contributed by atoms with Gasteiger partial charge in [0, 0.05) is 23.5 Å². The Hall–Kier alpha value is -2.92. The van der Waals surface area contributed by atoms with E-state index < -0.39 is 0 Å². The summed E-state index contributed by atoms with van der Waals surface area (Å²) in [6.07, 6.45) is 9.57. The van der Waals surface area contributed by atoms with Crippen molar-refractivity contribution < 1.29 is 9.53 Å². The van der Waals surface area contributed by atoms with E-state index in [9.17, 15) is 4.79 Å². The molecule has 160 valence electrons. The van der Waals surface area contributed by atoms with Crippen LogP contribution in [0.2, 0.25) is 0 Å². The monoisotopic (exact) mass is 432 g/mol. The van der Waals surface area contributed by atoms with Crippen LogP contribution in [0.5, 0.6) is 5.75 Å². The number of nitrogens with one attached hydrogen (secondary N) is 1. The molecule has 4 rings (SSSR count). The predicted molar refractivity (Wildman–Crippen MR) is 126 cm³/mol. The van der Waals surface area contributed by atoms with Crippen LogP contribution in [0.3, 0.4) is 0 Å². The number of aromatic nitrogens is 1. The molecule has 2 atom stereocenters. The zero-order chi connectivity index (χ0) is 21.5. The highest BCUT2D eigenvalue weighted by Gasteiger charge is 2.55. The highest BCUT2D eigenvalue weighted by atomic mass is 32.1. The van der Waals surface area contributed by atoms with Crippen molar-refractivity contribution in [3.05, 3.63) is 94.5 Å². The Kier molecular flexibility index (Phi) is 6.82. The zero-order valence-corrected chi connectivity index (χ0v) is 18.6. The summed E-state index contributed by atoms with van der Waals surface area (Å²) in [6.45, 7) is 0.693. The van der Waals surface area contributed by atoms with Crippen LogP contribution in [-0.4, -0.2) is 24.5 Å². The lowest BCUT2D eigenvalue weighted by molar-refractivity contribution is -0.116. The molecule has 0 saturated heterocycles. The van der Waals surface area contributed by atoms with Crippen molar-refractivity contribution in [2.75, 3.05) is 13.7 Å². The van der Waals surface area contributed by atoms with E-state index in [4.69, 9.17) is 4.74 Å². The highest BCUT2D eigenvalue weighted by Crippen LogP contribution is 2.59. The fourth-order valence-corrected chi connectivity index (χ4v) is 4.90. The van der Waals surface area contributed by atoms with E-state index in [1.807, 2.05) is 29.8 Å². The average molecular weight is 433 g/mol. The Bertz CT molecular complexity index is 1020. The largest absolute Gasteiger partial charge is 0.497 e. The smallest absolute Gasteiger partial charge is 0.243 e. The molecule has 1 aliphatic carbocycles. The molecule has 1 aliphatic rings. The molecule has 1 aromatic heterocycles. The van der Waals surface area contributed by atoms with Crippen LogP contribution < -0.4 is 10.1 Å². The van der Waals surface area contributed by atoms with Gasteiger partial charge in [-0.1, -0.05) is 48.5 Å². The molecule has 0 spiro atoms. The first-order chi connectivity index (χ1) is 15.2. The lowest BCUT2D eigenvalue weighted by Gasteiger charge is -2.19. The second-order valence-electron chi connectivity index (χ2n) is 7.91. The number of hydrogen-bond acceptors (Lipinski definition) is 4. The zero-order valence-electron chi connectivity index (χ0n) is 17.8. The number of ether oxygens (including phenoxy) is 1. The minimum Gasteiger partial charge on any atom is -0.497 e. The van der Waals surface area contributed by atoms with Crippen molar-refractivity contribution >= 4 is 17.2 Å². The number of carbonyl (C=O) groups is 1. The number of amides is 1. The maximum absolute atomic E-state index is 12.3. The SMILES string of the molecule is COc1cccc([C@@]2(c3ccccc3)C[C@H]2C=CC(=O)NCCCCc2nccs2)c1. The fourth-order valence-electron chi connectivity index (χ4n) is 4.24. The number of rotatable bonds is 10. The maximum atomic E-state index is 12.3. The number of aryl methyl sites for hydroxylation is 1. The molecule has 3 aromatic rings. The summed E-state index contributed by atoms with van der Waals surface area (Å²) < 4.78 is 5.45. The molecule has 1 heterocycles. The summed E-state index contributed by atoms with van der Waals surface area (Å²) in [5.74, 6) is 1.13. The number of thiazole rings is 1. The van der Waals surface area contributed by atoms with Gasteiger partial charge < -0.3 is 10.1 Å². The number of methoxy groups -OCH3 is 1. The lowest BCUT2D eigenvalue weighted by atomic mass is 9.85. The van der Waals surface area contributed by atoms with Crippen molar-refractivity contribution in [1.29, 1.82) is 0 Å². The van der Waals surface area contributed by atoms with Gasteiger partial charge in [0.05, 0.1) is 12.1 Å². The average Bonchev–Trinajstić information content (AvgIpc) is 3.33. The summed E-state index contributed by atoms with van der Waals surface area (Å²) in [6, 6.07) is 18.8. The minimum absolute atomic E-state index is 0.0197. The van der Waals surface area contributed by atoms with Gasteiger partial charge >= 0.3 is 0 Å². The fraction of sp³-hybridized carbons (Fsp3) is 0.308. The second-order valence-corrected chi connectivity index (χ2v) is 8.89. The van der Waals surface area contributed by atoms with Crippen LogP contribution in [0.4, 0.5) is 0 Å². The first-order valence-electron chi connectivity index (χ1n) is 10.8. The standard InChI is InChI=1S/C26H28N2O2S/c1-30-23-11-7-10-21(18-23)26(20-8-3-2-4-9-20)19-22(26)13-14-24(29)27-15-6-5-12-25-28-16-17-31-25/h2-4,7-11,13-14,16-18,22H,5-6,12,15,19H2,1H3,(H,27,29)/t22-,26+/m1/s1. The Morgan fingerprint density at radius 3 is 2.81 bits per heavy atom. The van der Waals surface area contributed by atoms with Crippen molar-refractivity contribution in [2.45, 2.75) is 31.1 Å². The number of nitrogens with zero attached hydrogens (tertiary/aromatic N) is 1. The highest BCUT2D eigenvalue weighted by molar-refractivity contribution is 7.09.